The fraction of sp³-hybridized carbons (Fsp3) is 0.316. The second-order valence-corrected chi connectivity index (χ2v) is 5.45. The lowest BCUT2D eigenvalue weighted by Crippen LogP contribution is -2.36. The Bertz CT molecular complexity index is 705. The molecule has 0 spiro atoms. The maximum Gasteiger partial charge on any atom is 0.191 e. The highest BCUT2D eigenvalue weighted by molar-refractivity contribution is 14.0. The maximum atomic E-state index is 5.37. The molecule has 0 aromatic heterocycles. The Balaban J connectivity index is 0.00000312. The van der Waals surface area contributed by atoms with Crippen LogP contribution in [0.1, 0.15) is 16.7 Å². The van der Waals surface area contributed by atoms with Crippen LogP contribution in [-0.4, -0.2) is 27.2 Å². The van der Waals surface area contributed by atoms with Crippen LogP contribution in [-0.2, 0) is 13.1 Å². The van der Waals surface area contributed by atoms with Crippen LogP contribution in [0, 0.1) is 6.92 Å². The van der Waals surface area contributed by atoms with Gasteiger partial charge in [0.1, 0.15) is 11.5 Å². The predicted octanol–water partition coefficient (Wildman–Crippen LogP) is 3.50. The van der Waals surface area contributed by atoms with E-state index < -0.39 is 0 Å². The van der Waals surface area contributed by atoms with Crippen LogP contribution >= 0.6 is 24.0 Å². The summed E-state index contributed by atoms with van der Waals surface area (Å²) in [5, 5.41) is 6.62. The van der Waals surface area contributed by atoms with Gasteiger partial charge in [-0.15, -0.1) is 24.0 Å². The molecular formula is C19H26IN3O2. The highest BCUT2D eigenvalue weighted by Crippen LogP contribution is 2.17. The molecule has 0 saturated carbocycles. The van der Waals surface area contributed by atoms with Crippen molar-refractivity contribution in [3.63, 3.8) is 0 Å². The first-order valence-electron chi connectivity index (χ1n) is 7.87. The van der Waals surface area contributed by atoms with Crippen LogP contribution in [0.25, 0.3) is 0 Å². The molecule has 0 bridgehead atoms. The molecule has 0 unspecified atom stereocenters. The molecule has 0 fully saturated rings. The SMILES string of the molecule is CN=C(NCc1cc(C)cc(OC)c1)NCc1ccccc1OC.I. The molecule has 2 rings (SSSR count). The van der Waals surface area contributed by atoms with Gasteiger partial charge in [-0.2, -0.15) is 0 Å². The van der Waals surface area contributed by atoms with E-state index >= 15 is 0 Å². The number of hydrogen-bond acceptors (Lipinski definition) is 3. The largest absolute Gasteiger partial charge is 0.497 e. The van der Waals surface area contributed by atoms with E-state index in [-0.39, 0.29) is 24.0 Å². The lowest BCUT2D eigenvalue weighted by atomic mass is 10.1. The number of halogens is 1. The average molecular weight is 455 g/mol. The Hall–Kier alpha value is -1.96. The van der Waals surface area contributed by atoms with E-state index in [1.165, 1.54) is 5.56 Å². The normalized spacial score (nSPS) is 10.6. The molecule has 0 radical (unpaired) electrons. The minimum atomic E-state index is 0. The third-order valence-corrected chi connectivity index (χ3v) is 3.67. The van der Waals surface area contributed by atoms with Crippen LogP contribution in [0.15, 0.2) is 47.5 Å². The Kier molecular flexibility index (Phi) is 9.12. The van der Waals surface area contributed by atoms with Crippen molar-refractivity contribution >= 4 is 29.9 Å². The van der Waals surface area contributed by atoms with Crippen molar-refractivity contribution in [2.45, 2.75) is 20.0 Å². The smallest absolute Gasteiger partial charge is 0.191 e. The molecule has 2 aromatic rings. The number of ether oxygens (including phenoxy) is 2. The lowest BCUT2D eigenvalue weighted by molar-refractivity contribution is 0.409. The summed E-state index contributed by atoms with van der Waals surface area (Å²) in [6, 6.07) is 14.1. The first-order chi connectivity index (χ1) is 11.7. The molecule has 0 saturated heterocycles. The maximum absolute atomic E-state index is 5.37. The zero-order valence-corrected chi connectivity index (χ0v) is 17.5. The number of para-hydroxylation sites is 1. The summed E-state index contributed by atoms with van der Waals surface area (Å²) < 4.78 is 10.7. The topological polar surface area (TPSA) is 54.9 Å². The summed E-state index contributed by atoms with van der Waals surface area (Å²) in [5.41, 5.74) is 3.40. The van der Waals surface area contributed by atoms with E-state index in [9.17, 15) is 0 Å². The molecule has 0 atom stereocenters. The molecule has 25 heavy (non-hydrogen) atoms. The van der Waals surface area contributed by atoms with Gasteiger partial charge in [-0.1, -0.05) is 24.3 Å². The number of guanidine groups is 1. The van der Waals surface area contributed by atoms with Gasteiger partial charge >= 0.3 is 0 Å². The first-order valence-corrected chi connectivity index (χ1v) is 7.87. The van der Waals surface area contributed by atoms with Crippen LogP contribution in [0.2, 0.25) is 0 Å². The number of nitrogens with one attached hydrogen (secondary N) is 2. The average Bonchev–Trinajstić information content (AvgIpc) is 2.61. The lowest BCUT2D eigenvalue weighted by Gasteiger charge is -2.14. The quantitative estimate of drug-likeness (QED) is 0.398. The van der Waals surface area contributed by atoms with Crippen molar-refractivity contribution in [3.8, 4) is 11.5 Å². The van der Waals surface area contributed by atoms with Gasteiger partial charge in [0.2, 0.25) is 0 Å². The third kappa shape index (κ3) is 6.45. The molecule has 2 aromatic carbocycles. The van der Waals surface area contributed by atoms with E-state index in [0.717, 1.165) is 28.6 Å². The van der Waals surface area contributed by atoms with Crippen molar-refractivity contribution in [2.24, 2.45) is 4.99 Å². The molecule has 5 nitrogen and oxygen atoms in total. The van der Waals surface area contributed by atoms with Gasteiger partial charge < -0.3 is 20.1 Å². The number of hydrogen-bond donors (Lipinski definition) is 2. The molecule has 0 aliphatic rings. The number of nitrogens with zero attached hydrogens (tertiary/aromatic N) is 1. The van der Waals surface area contributed by atoms with Gasteiger partial charge in [-0.3, -0.25) is 4.99 Å². The fourth-order valence-electron chi connectivity index (χ4n) is 2.48. The Labute approximate surface area is 166 Å². The Morgan fingerprint density at radius 1 is 1.00 bits per heavy atom. The molecule has 6 heteroatoms. The summed E-state index contributed by atoms with van der Waals surface area (Å²) in [6.45, 7) is 3.37. The van der Waals surface area contributed by atoms with Crippen LogP contribution in [0.5, 0.6) is 11.5 Å². The summed E-state index contributed by atoms with van der Waals surface area (Å²) in [5.74, 6) is 2.47. The molecule has 2 N–H and O–H groups in total. The van der Waals surface area contributed by atoms with E-state index in [0.29, 0.717) is 13.1 Å². The number of methoxy groups -OCH3 is 2. The minimum absolute atomic E-state index is 0. The zero-order chi connectivity index (χ0) is 17.4. The fourth-order valence-corrected chi connectivity index (χ4v) is 2.48. The van der Waals surface area contributed by atoms with Gasteiger partial charge in [0.25, 0.3) is 0 Å². The molecule has 0 amide bonds. The number of aryl methyl sites for hydroxylation is 1. The van der Waals surface area contributed by atoms with Gasteiger partial charge in [-0.25, -0.2) is 0 Å². The van der Waals surface area contributed by atoms with Crippen LogP contribution in [0.3, 0.4) is 0 Å². The molecular weight excluding hydrogens is 429 g/mol. The van der Waals surface area contributed by atoms with Crippen molar-refractivity contribution in [1.82, 2.24) is 10.6 Å². The van der Waals surface area contributed by atoms with Crippen molar-refractivity contribution < 1.29 is 9.47 Å². The zero-order valence-electron chi connectivity index (χ0n) is 15.1. The summed E-state index contributed by atoms with van der Waals surface area (Å²) in [4.78, 5) is 4.26. The van der Waals surface area contributed by atoms with E-state index in [1.54, 1.807) is 21.3 Å². The van der Waals surface area contributed by atoms with Gasteiger partial charge in [-0.05, 0) is 36.2 Å². The molecule has 0 heterocycles. The number of rotatable bonds is 6. The Morgan fingerprint density at radius 3 is 2.40 bits per heavy atom. The standard InChI is InChI=1S/C19H25N3O2.HI/c1-14-9-15(11-17(10-14)23-3)12-21-19(20-2)22-13-16-7-5-6-8-18(16)24-4;/h5-11H,12-13H2,1-4H3,(H2,20,21,22);1H. The summed E-state index contributed by atoms with van der Waals surface area (Å²) in [6.07, 6.45) is 0. The Morgan fingerprint density at radius 2 is 1.72 bits per heavy atom. The predicted molar refractivity (Wildman–Crippen MR) is 113 cm³/mol. The van der Waals surface area contributed by atoms with Crippen molar-refractivity contribution in [2.75, 3.05) is 21.3 Å². The van der Waals surface area contributed by atoms with Crippen LogP contribution in [0.4, 0.5) is 0 Å². The highest BCUT2D eigenvalue weighted by Gasteiger charge is 2.04. The van der Waals surface area contributed by atoms with Gasteiger partial charge in [0.15, 0.2) is 5.96 Å². The molecule has 0 aliphatic carbocycles. The molecule has 0 aliphatic heterocycles. The monoisotopic (exact) mass is 455 g/mol. The number of benzene rings is 2. The second kappa shape index (κ2) is 10.8. The summed E-state index contributed by atoms with van der Waals surface area (Å²) in [7, 11) is 5.12. The number of aliphatic imine (C=N–C) groups is 1. The second-order valence-electron chi connectivity index (χ2n) is 5.45. The summed E-state index contributed by atoms with van der Waals surface area (Å²) >= 11 is 0. The highest BCUT2D eigenvalue weighted by atomic mass is 127. The van der Waals surface area contributed by atoms with Gasteiger partial charge in [0.05, 0.1) is 14.2 Å². The van der Waals surface area contributed by atoms with Crippen molar-refractivity contribution in [1.29, 1.82) is 0 Å². The molecule has 136 valence electrons. The van der Waals surface area contributed by atoms with E-state index in [4.69, 9.17) is 9.47 Å². The van der Waals surface area contributed by atoms with Crippen molar-refractivity contribution in [3.05, 3.63) is 59.2 Å². The van der Waals surface area contributed by atoms with E-state index in [2.05, 4.69) is 28.6 Å². The van der Waals surface area contributed by atoms with Crippen LogP contribution < -0.4 is 20.1 Å². The first kappa shape index (κ1) is 21.1. The van der Waals surface area contributed by atoms with Gasteiger partial charge in [0, 0.05) is 25.7 Å². The minimum Gasteiger partial charge on any atom is -0.497 e. The third-order valence-electron chi connectivity index (χ3n) is 3.67. The van der Waals surface area contributed by atoms with E-state index in [1.807, 2.05) is 36.4 Å².